The van der Waals surface area contributed by atoms with Gasteiger partial charge in [-0.3, -0.25) is 4.79 Å². The summed E-state index contributed by atoms with van der Waals surface area (Å²) >= 11 is 0. The first kappa shape index (κ1) is 20.7. The maximum Gasteiger partial charge on any atom is 0.317 e. The molecule has 146 valence electrons. The van der Waals surface area contributed by atoms with Gasteiger partial charge in [-0.1, -0.05) is 43.2 Å². The molecule has 0 spiro atoms. The molecule has 0 aliphatic carbocycles. The van der Waals surface area contributed by atoms with Crippen molar-refractivity contribution in [1.29, 1.82) is 0 Å². The van der Waals surface area contributed by atoms with Crippen molar-refractivity contribution in [3.05, 3.63) is 52.8 Å². The van der Waals surface area contributed by atoms with E-state index in [4.69, 9.17) is 0 Å². The van der Waals surface area contributed by atoms with E-state index in [1.165, 1.54) is 0 Å². The number of unbranched alkanes of at least 4 members (excludes halogenated alkanes) is 3. The summed E-state index contributed by atoms with van der Waals surface area (Å²) in [5.74, 6) is 0. The van der Waals surface area contributed by atoms with Crippen LogP contribution in [0.25, 0.3) is 11.3 Å². The maximum atomic E-state index is 12.0. The molecule has 0 fully saturated rings. The third kappa shape index (κ3) is 6.55. The van der Waals surface area contributed by atoms with Gasteiger partial charge in [-0.15, -0.1) is 0 Å². The SMILES string of the molecule is CCN(CC)C(=O)NCCCCCCn1nc(-c2ccccc2)ccc1=O. The lowest BCUT2D eigenvalue weighted by atomic mass is 10.1. The normalized spacial score (nSPS) is 10.6. The summed E-state index contributed by atoms with van der Waals surface area (Å²) in [6, 6.07) is 13.2. The van der Waals surface area contributed by atoms with Gasteiger partial charge in [0.25, 0.3) is 5.56 Å². The van der Waals surface area contributed by atoms with Crippen molar-refractivity contribution in [3.8, 4) is 11.3 Å². The minimum atomic E-state index is -0.0684. The predicted molar refractivity (Wildman–Crippen MR) is 109 cm³/mol. The number of aromatic nitrogens is 2. The minimum absolute atomic E-state index is 0.00785. The highest BCUT2D eigenvalue weighted by atomic mass is 16.2. The number of benzene rings is 1. The lowest BCUT2D eigenvalue weighted by Gasteiger charge is -2.19. The lowest BCUT2D eigenvalue weighted by Crippen LogP contribution is -2.40. The zero-order valence-corrected chi connectivity index (χ0v) is 16.4. The highest BCUT2D eigenvalue weighted by Gasteiger charge is 2.07. The van der Waals surface area contributed by atoms with Crippen LogP contribution in [0.2, 0.25) is 0 Å². The third-order valence-electron chi connectivity index (χ3n) is 4.56. The molecule has 1 N–H and O–H groups in total. The Morgan fingerprint density at radius 2 is 1.70 bits per heavy atom. The van der Waals surface area contributed by atoms with Crippen LogP contribution in [0.1, 0.15) is 39.5 Å². The highest BCUT2D eigenvalue weighted by molar-refractivity contribution is 5.73. The summed E-state index contributed by atoms with van der Waals surface area (Å²) in [7, 11) is 0. The number of nitrogens with zero attached hydrogens (tertiary/aromatic N) is 3. The first-order valence-corrected chi connectivity index (χ1v) is 9.82. The van der Waals surface area contributed by atoms with Crippen LogP contribution < -0.4 is 10.9 Å². The van der Waals surface area contributed by atoms with E-state index in [0.29, 0.717) is 13.1 Å². The summed E-state index contributed by atoms with van der Waals surface area (Å²) in [4.78, 5) is 25.6. The Kier molecular flexibility index (Phi) is 8.55. The molecule has 0 aliphatic heterocycles. The molecule has 0 saturated carbocycles. The molecule has 0 unspecified atom stereocenters. The van der Waals surface area contributed by atoms with Gasteiger partial charge in [-0.25, -0.2) is 9.48 Å². The predicted octanol–water partition coefficient (Wildman–Crippen LogP) is 3.52. The average Bonchev–Trinajstić information content (AvgIpc) is 2.70. The Morgan fingerprint density at radius 3 is 2.41 bits per heavy atom. The number of amides is 2. The van der Waals surface area contributed by atoms with E-state index >= 15 is 0 Å². The van der Waals surface area contributed by atoms with Crippen LogP contribution in [-0.4, -0.2) is 40.3 Å². The number of nitrogens with one attached hydrogen (secondary N) is 1. The van der Waals surface area contributed by atoms with E-state index < -0.39 is 0 Å². The lowest BCUT2D eigenvalue weighted by molar-refractivity contribution is 0.203. The van der Waals surface area contributed by atoms with Gasteiger partial charge in [-0.05, 0) is 32.8 Å². The largest absolute Gasteiger partial charge is 0.338 e. The van der Waals surface area contributed by atoms with E-state index in [1.807, 2.05) is 44.2 Å². The minimum Gasteiger partial charge on any atom is -0.338 e. The first-order valence-electron chi connectivity index (χ1n) is 9.82. The van der Waals surface area contributed by atoms with Crippen molar-refractivity contribution in [1.82, 2.24) is 20.0 Å². The molecule has 0 atom stereocenters. The van der Waals surface area contributed by atoms with Crippen molar-refractivity contribution in [2.24, 2.45) is 0 Å². The van der Waals surface area contributed by atoms with Gasteiger partial charge in [0.2, 0.25) is 0 Å². The van der Waals surface area contributed by atoms with Crippen LogP contribution in [-0.2, 0) is 6.54 Å². The number of hydrogen-bond acceptors (Lipinski definition) is 3. The molecule has 0 radical (unpaired) electrons. The van der Waals surface area contributed by atoms with Crippen molar-refractivity contribution >= 4 is 6.03 Å². The molecular formula is C21H30N4O2. The molecule has 6 heteroatoms. The second-order valence-electron chi connectivity index (χ2n) is 6.46. The van der Waals surface area contributed by atoms with Crippen LogP contribution in [0.4, 0.5) is 4.79 Å². The van der Waals surface area contributed by atoms with Gasteiger partial charge in [0.05, 0.1) is 5.69 Å². The zero-order valence-electron chi connectivity index (χ0n) is 16.4. The molecule has 2 rings (SSSR count). The Labute approximate surface area is 161 Å². The Balaban J connectivity index is 1.71. The zero-order chi connectivity index (χ0) is 19.5. The average molecular weight is 370 g/mol. The van der Waals surface area contributed by atoms with Crippen molar-refractivity contribution in [2.75, 3.05) is 19.6 Å². The first-order chi connectivity index (χ1) is 13.2. The molecule has 0 aliphatic rings. The maximum absolute atomic E-state index is 12.0. The van der Waals surface area contributed by atoms with E-state index in [9.17, 15) is 9.59 Å². The summed E-state index contributed by atoms with van der Waals surface area (Å²) in [5, 5.41) is 7.43. The highest BCUT2D eigenvalue weighted by Crippen LogP contribution is 2.14. The molecule has 2 aromatic rings. The van der Waals surface area contributed by atoms with Gasteiger partial charge in [-0.2, -0.15) is 5.10 Å². The number of carbonyl (C=O) groups excluding carboxylic acids is 1. The number of hydrogen-bond donors (Lipinski definition) is 1. The van der Waals surface area contributed by atoms with E-state index in [2.05, 4.69) is 10.4 Å². The number of rotatable bonds is 10. The fourth-order valence-electron chi connectivity index (χ4n) is 2.93. The molecule has 6 nitrogen and oxygen atoms in total. The molecule has 0 bridgehead atoms. The summed E-state index contributed by atoms with van der Waals surface area (Å²) in [6.45, 7) is 6.72. The van der Waals surface area contributed by atoms with Crippen molar-refractivity contribution in [3.63, 3.8) is 0 Å². The van der Waals surface area contributed by atoms with Crippen LogP contribution in [0, 0.1) is 0 Å². The van der Waals surface area contributed by atoms with Gasteiger partial charge >= 0.3 is 6.03 Å². The second kappa shape index (κ2) is 11.2. The van der Waals surface area contributed by atoms with Crippen LogP contribution >= 0.6 is 0 Å². The van der Waals surface area contributed by atoms with Crippen molar-refractivity contribution in [2.45, 2.75) is 46.1 Å². The molecule has 1 heterocycles. The molecule has 1 aromatic heterocycles. The van der Waals surface area contributed by atoms with E-state index in [-0.39, 0.29) is 11.6 Å². The van der Waals surface area contributed by atoms with Gasteiger partial charge in [0, 0.05) is 37.8 Å². The number of carbonyl (C=O) groups is 1. The van der Waals surface area contributed by atoms with Gasteiger partial charge in [0.1, 0.15) is 0 Å². The standard InChI is InChI=1S/C21H30N4O2/c1-3-24(4-2)21(27)22-16-10-5-6-11-17-25-20(26)15-14-19(23-25)18-12-8-7-9-13-18/h7-9,12-15H,3-6,10-11,16-17H2,1-2H3,(H,22,27). The van der Waals surface area contributed by atoms with Gasteiger partial charge in [0.15, 0.2) is 0 Å². The Bertz CT molecular complexity index is 754. The fourth-order valence-corrected chi connectivity index (χ4v) is 2.93. The quantitative estimate of drug-likeness (QED) is 0.651. The third-order valence-corrected chi connectivity index (χ3v) is 4.56. The number of aryl methyl sites for hydroxylation is 1. The van der Waals surface area contributed by atoms with Crippen LogP contribution in [0.5, 0.6) is 0 Å². The Morgan fingerprint density at radius 1 is 1.00 bits per heavy atom. The van der Waals surface area contributed by atoms with Crippen LogP contribution in [0.15, 0.2) is 47.3 Å². The Hall–Kier alpha value is -2.63. The number of urea groups is 1. The topological polar surface area (TPSA) is 67.2 Å². The molecule has 27 heavy (non-hydrogen) atoms. The monoisotopic (exact) mass is 370 g/mol. The summed E-state index contributed by atoms with van der Waals surface area (Å²) in [6.07, 6.45) is 3.87. The summed E-state index contributed by atoms with van der Waals surface area (Å²) < 4.78 is 1.55. The molecule has 1 aromatic carbocycles. The van der Waals surface area contributed by atoms with E-state index in [0.717, 1.165) is 50.0 Å². The van der Waals surface area contributed by atoms with Gasteiger partial charge < -0.3 is 10.2 Å². The van der Waals surface area contributed by atoms with E-state index in [1.54, 1.807) is 21.7 Å². The second-order valence-corrected chi connectivity index (χ2v) is 6.46. The molecular weight excluding hydrogens is 340 g/mol. The summed E-state index contributed by atoms with van der Waals surface area (Å²) in [5.41, 5.74) is 1.76. The molecule has 2 amide bonds. The van der Waals surface area contributed by atoms with Crippen molar-refractivity contribution < 1.29 is 4.79 Å². The fraction of sp³-hybridized carbons (Fsp3) is 0.476. The molecule has 0 saturated heterocycles. The van der Waals surface area contributed by atoms with Crippen LogP contribution in [0.3, 0.4) is 0 Å². The smallest absolute Gasteiger partial charge is 0.317 e.